The Bertz CT molecular complexity index is 910. The molecular weight excluding hydrogens is 270 g/mol. The van der Waals surface area contributed by atoms with Crippen LogP contribution < -0.4 is 11.1 Å². The molecule has 0 amide bonds. The van der Waals surface area contributed by atoms with Gasteiger partial charge in [0.05, 0.1) is 0 Å². The molecule has 0 atom stereocenters. The Morgan fingerprint density at radius 1 is 1.10 bits per heavy atom. The maximum absolute atomic E-state index is 5.74. The molecule has 4 rings (SSSR count). The SMILES string of the molecule is Nc1ccc2oc(Nc3ccc4sccc4c3)nc2c1. The van der Waals surface area contributed by atoms with E-state index < -0.39 is 0 Å². The predicted molar refractivity (Wildman–Crippen MR) is 83.5 cm³/mol. The van der Waals surface area contributed by atoms with Crippen LogP contribution in [0.25, 0.3) is 21.2 Å². The van der Waals surface area contributed by atoms with Gasteiger partial charge in [-0.3, -0.25) is 0 Å². The molecule has 2 aromatic carbocycles. The molecule has 2 aromatic heterocycles. The number of hydrogen-bond donors (Lipinski definition) is 2. The minimum atomic E-state index is 0.472. The second kappa shape index (κ2) is 4.25. The number of benzene rings is 2. The first-order chi connectivity index (χ1) is 9.78. The number of anilines is 3. The lowest BCUT2D eigenvalue weighted by atomic mass is 10.2. The number of hydrogen-bond acceptors (Lipinski definition) is 5. The summed E-state index contributed by atoms with van der Waals surface area (Å²) in [4.78, 5) is 4.38. The van der Waals surface area contributed by atoms with E-state index in [-0.39, 0.29) is 0 Å². The molecule has 0 saturated heterocycles. The average Bonchev–Trinajstić information content (AvgIpc) is 3.03. The second-order valence-electron chi connectivity index (χ2n) is 4.54. The van der Waals surface area contributed by atoms with E-state index in [0.717, 1.165) is 16.8 Å². The summed E-state index contributed by atoms with van der Waals surface area (Å²) < 4.78 is 6.91. The van der Waals surface area contributed by atoms with Crippen LogP contribution in [0, 0.1) is 0 Å². The highest BCUT2D eigenvalue weighted by molar-refractivity contribution is 7.17. The van der Waals surface area contributed by atoms with Crippen molar-refractivity contribution in [1.82, 2.24) is 4.98 Å². The maximum atomic E-state index is 5.74. The molecule has 0 aliphatic heterocycles. The smallest absolute Gasteiger partial charge is 0.300 e. The maximum Gasteiger partial charge on any atom is 0.300 e. The van der Waals surface area contributed by atoms with E-state index in [1.807, 2.05) is 12.1 Å². The highest BCUT2D eigenvalue weighted by Crippen LogP contribution is 2.27. The summed E-state index contributed by atoms with van der Waals surface area (Å²) in [6, 6.07) is 14.2. The number of nitrogens with one attached hydrogen (secondary N) is 1. The molecule has 98 valence electrons. The largest absolute Gasteiger partial charge is 0.423 e. The summed E-state index contributed by atoms with van der Waals surface area (Å²) >= 11 is 1.73. The van der Waals surface area contributed by atoms with E-state index >= 15 is 0 Å². The van der Waals surface area contributed by atoms with Gasteiger partial charge in [0.15, 0.2) is 5.58 Å². The Balaban J connectivity index is 1.72. The van der Waals surface area contributed by atoms with Crippen molar-refractivity contribution in [3.63, 3.8) is 0 Å². The molecule has 2 heterocycles. The second-order valence-corrected chi connectivity index (χ2v) is 5.49. The van der Waals surface area contributed by atoms with Gasteiger partial charge in [-0.25, -0.2) is 0 Å². The Morgan fingerprint density at radius 2 is 2.05 bits per heavy atom. The van der Waals surface area contributed by atoms with Gasteiger partial charge in [-0.2, -0.15) is 4.98 Å². The van der Waals surface area contributed by atoms with Crippen LogP contribution in [0.15, 0.2) is 52.3 Å². The molecule has 0 spiro atoms. The fraction of sp³-hybridized carbons (Fsp3) is 0. The van der Waals surface area contributed by atoms with Crippen LogP contribution in [0.2, 0.25) is 0 Å². The summed E-state index contributed by atoms with van der Waals surface area (Å²) in [6.45, 7) is 0. The minimum absolute atomic E-state index is 0.472. The summed E-state index contributed by atoms with van der Waals surface area (Å²) in [5.74, 6) is 0. The van der Waals surface area contributed by atoms with Gasteiger partial charge in [0.1, 0.15) is 5.52 Å². The van der Waals surface area contributed by atoms with Gasteiger partial charge in [0, 0.05) is 16.1 Å². The van der Waals surface area contributed by atoms with E-state index in [1.165, 1.54) is 10.1 Å². The van der Waals surface area contributed by atoms with Gasteiger partial charge in [-0.15, -0.1) is 11.3 Å². The van der Waals surface area contributed by atoms with Crippen LogP contribution >= 0.6 is 11.3 Å². The van der Waals surface area contributed by atoms with Gasteiger partial charge in [0.2, 0.25) is 0 Å². The van der Waals surface area contributed by atoms with Crippen molar-refractivity contribution in [3.8, 4) is 0 Å². The molecule has 0 bridgehead atoms. The molecule has 5 heteroatoms. The van der Waals surface area contributed by atoms with Crippen molar-refractivity contribution in [3.05, 3.63) is 47.8 Å². The third-order valence-corrected chi connectivity index (χ3v) is 4.01. The number of thiophene rings is 1. The average molecular weight is 281 g/mol. The molecule has 0 unspecified atom stereocenters. The van der Waals surface area contributed by atoms with Gasteiger partial charge in [-0.05, 0) is 53.2 Å². The molecule has 0 fully saturated rings. The van der Waals surface area contributed by atoms with Gasteiger partial charge in [-0.1, -0.05) is 0 Å². The lowest BCUT2D eigenvalue weighted by Gasteiger charge is -2.01. The monoisotopic (exact) mass is 281 g/mol. The normalized spacial score (nSPS) is 11.2. The Hall–Kier alpha value is -2.53. The van der Waals surface area contributed by atoms with Crippen LogP contribution in [0.4, 0.5) is 17.4 Å². The number of oxazole rings is 1. The third kappa shape index (κ3) is 1.88. The molecule has 0 radical (unpaired) electrons. The molecule has 3 N–H and O–H groups in total. The van der Waals surface area contributed by atoms with Gasteiger partial charge < -0.3 is 15.5 Å². The van der Waals surface area contributed by atoms with Crippen molar-refractivity contribution in [2.75, 3.05) is 11.1 Å². The predicted octanol–water partition coefficient (Wildman–Crippen LogP) is 4.37. The first-order valence-corrected chi connectivity index (χ1v) is 7.06. The Kier molecular flexibility index (Phi) is 2.40. The fourth-order valence-electron chi connectivity index (χ4n) is 2.17. The lowest BCUT2D eigenvalue weighted by molar-refractivity contribution is 0.623. The van der Waals surface area contributed by atoms with Gasteiger partial charge in [0.25, 0.3) is 6.01 Å². The van der Waals surface area contributed by atoms with Crippen molar-refractivity contribution >= 4 is 49.9 Å². The first-order valence-electron chi connectivity index (χ1n) is 6.18. The number of nitrogens with zero attached hydrogens (tertiary/aromatic N) is 1. The summed E-state index contributed by atoms with van der Waals surface area (Å²) in [7, 11) is 0. The van der Waals surface area contributed by atoms with Gasteiger partial charge >= 0.3 is 0 Å². The van der Waals surface area contributed by atoms with E-state index in [4.69, 9.17) is 10.2 Å². The number of aromatic nitrogens is 1. The number of rotatable bonds is 2. The molecule has 0 aliphatic carbocycles. The van der Waals surface area contributed by atoms with E-state index in [1.54, 1.807) is 23.5 Å². The molecule has 0 aliphatic rings. The molecular formula is C15H11N3OS. The van der Waals surface area contributed by atoms with Crippen molar-refractivity contribution in [2.45, 2.75) is 0 Å². The quantitative estimate of drug-likeness (QED) is 0.535. The lowest BCUT2D eigenvalue weighted by Crippen LogP contribution is -1.89. The van der Waals surface area contributed by atoms with Crippen molar-refractivity contribution < 1.29 is 4.42 Å². The fourth-order valence-corrected chi connectivity index (χ4v) is 2.94. The number of nitrogens with two attached hydrogens (primary N) is 1. The zero-order valence-corrected chi connectivity index (χ0v) is 11.3. The van der Waals surface area contributed by atoms with E-state index in [0.29, 0.717) is 11.7 Å². The van der Waals surface area contributed by atoms with Crippen LogP contribution in [-0.4, -0.2) is 4.98 Å². The van der Waals surface area contributed by atoms with Crippen LogP contribution in [0.1, 0.15) is 0 Å². The Morgan fingerprint density at radius 3 is 3.00 bits per heavy atom. The van der Waals surface area contributed by atoms with Crippen LogP contribution in [-0.2, 0) is 0 Å². The summed E-state index contributed by atoms with van der Waals surface area (Å²) in [6.07, 6.45) is 0. The zero-order chi connectivity index (χ0) is 13.5. The van der Waals surface area contributed by atoms with Crippen molar-refractivity contribution in [1.29, 1.82) is 0 Å². The van der Waals surface area contributed by atoms with E-state index in [2.05, 4.69) is 33.9 Å². The highest BCUT2D eigenvalue weighted by Gasteiger charge is 2.06. The standard InChI is InChI=1S/C15H11N3OS/c16-10-1-3-13-12(8-10)18-15(19-13)17-11-2-4-14-9(7-11)5-6-20-14/h1-8H,16H2,(H,17,18). The molecule has 4 aromatic rings. The first kappa shape index (κ1) is 11.3. The number of nitrogen functional groups attached to an aromatic ring is 1. The Labute approximate surface area is 118 Å². The minimum Gasteiger partial charge on any atom is -0.423 e. The number of fused-ring (bicyclic) bond motifs is 2. The summed E-state index contributed by atoms with van der Waals surface area (Å²) in [5.41, 5.74) is 8.84. The van der Waals surface area contributed by atoms with Crippen LogP contribution in [0.3, 0.4) is 0 Å². The molecule has 0 saturated carbocycles. The highest BCUT2D eigenvalue weighted by atomic mass is 32.1. The molecule has 20 heavy (non-hydrogen) atoms. The zero-order valence-electron chi connectivity index (χ0n) is 10.5. The topological polar surface area (TPSA) is 64.1 Å². The molecule has 4 nitrogen and oxygen atoms in total. The third-order valence-electron chi connectivity index (χ3n) is 3.12. The van der Waals surface area contributed by atoms with E-state index in [9.17, 15) is 0 Å². The van der Waals surface area contributed by atoms with Crippen molar-refractivity contribution in [2.24, 2.45) is 0 Å². The summed E-state index contributed by atoms with van der Waals surface area (Å²) in [5, 5.41) is 6.47. The van der Waals surface area contributed by atoms with Crippen LogP contribution in [0.5, 0.6) is 0 Å².